The minimum Gasteiger partial charge on any atom is -0.494 e. The van der Waals surface area contributed by atoms with Gasteiger partial charge >= 0.3 is 0 Å². The lowest BCUT2D eigenvalue weighted by Gasteiger charge is -2.18. The monoisotopic (exact) mass is 338 g/mol. The Balaban J connectivity index is 2.37. The van der Waals surface area contributed by atoms with E-state index in [1.54, 1.807) is 12.3 Å². The van der Waals surface area contributed by atoms with Gasteiger partial charge in [0, 0.05) is 10.7 Å². The SMILES string of the molecule is CCNC(c1ccc(OC)c(F)c1)c1ccc(Br)cn1. The molecule has 0 aliphatic heterocycles. The molecule has 1 atom stereocenters. The van der Waals surface area contributed by atoms with Gasteiger partial charge in [0.2, 0.25) is 0 Å². The summed E-state index contributed by atoms with van der Waals surface area (Å²) in [5, 5.41) is 3.31. The van der Waals surface area contributed by atoms with Crippen LogP contribution in [0.5, 0.6) is 5.75 Å². The molecule has 0 bridgehead atoms. The van der Waals surface area contributed by atoms with Crippen LogP contribution >= 0.6 is 15.9 Å². The molecule has 106 valence electrons. The molecule has 0 aliphatic carbocycles. The third kappa shape index (κ3) is 3.35. The van der Waals surface area contributed by atoms with Crippen molar-refractivity contribution in [3.63, 3.8) is 0 Å². The lowest BCUT2D eigenvalue weighted by molar-refractivity contribution is 0.385. The van der Waals surface area contributed by atoms with Crippen molar-refractivity contribution in [1.29, 1.82) is 0 Å². The highest BCUT2D eigenvalue weighted by Gasteiger charge is 2.16. The van der Waals surface area contributed by atoms with Crippen LogP contribution in [0.1, 0.15) is 24.2 Å². The second kappa shape index (κ2) is 6.81. The maximum Gasteiger partial charge on any atom is 0.165 e. The molecule has 0 saturated carbocycles. The van der Waals surface area contributed by atoms with Crippen LogP contribution in [0.4, 0.5) is 4.39 Å². The van der Waals surface area contributed by atoms with Crippen molar-refractivity contribution in [2.75, 3.05) is 13.7 Å². The normalized spacial score (nSPS) is 12.2. The van der Waals surface area contributed by atoms with E-state index >= 15 is 0 Å². The number of rotatable bonds is 5. The highest BCUT2D eigenvalue weighted by Crippen LogP contribution is 2.26. The number of methoxy groups -OCH3 is 1. The Morgan fingerprint density at radius 2 is 2.15 bits per heavy atom. The largest absolute Gasteiger partial charge is 0.494 e. The molecule has 20 heavy (non-hydrogen) atoms. The highest BCUT2D eigenvalue weighted by molar-refractivity contribution is 9.10. The fraction of sp³-hybridized carbons (Fsp3) is 0.267. The molecule has 3 nitrogen and oxygen atoms in total. The predicted octanol–water partition coefficient (Wildman–Crippen LogP) is 3.69. The number of aromatic nitrogens is 1. The molecular weight excluding hydrogens is 323 g/mol. The Morgan fingerprint density at radius 3 is 2.70 bits per heavy atom. The molecule has 1 N–H and O–H groups in total. The van der Waals surface area contributed by atoms with Crippen LogP contribution in [0, 0.1) is 5.82 Å². The van der Waals surface area contributed by atoms with Crippen molar-refractivity contribution in [2.45, 2.75) is 13.0 Å². The Bertz CT molecular complexity index is 575. The van der Waals surface area contributed by atoms with Gasteiger partial charge in [-0.25, -0.2) is 4.39 Å². The van der Waals surface area contributed by atoms with Crippen molar-refractivity contribution in [2.24, 2.45) is 0 Å². The summed E-state index contributed by atoms with van der Waals surface area (Å²) in [6.45, 7) is 2.77. The van der Waals surface area contributed by atoms with E-state index in [9.17, 15) is 4.39 Å². The molecule has 0 saturated heterocycles. The highest BCUT2D eigenvalue weighted by atomic mass is 79.9. The number of pyridine rings is 1. The number of hydrogen-bond acceptors (Lipinski definition) is 3. The number of halogens is 2. The van der Waals surface area contributed by atoms with E-state index in [0.717, 1.165) is 22.3 Å². The number of benzene rings is 1. The Kier molecular flexibility index (Phi) is 5.09. The topological polar surface area (TPSA) is 34.1 Å². The fourth-order valence-electron chi connectivity index (χ4n) is 2.02. The van der Waals surface area contributed by atoms with Crippen molar-refractivity contribution in [3.8, 4) is 5.75 Å². The zero-order valence-electron chi connectivity index (χ0n) is 11.4. The van der Waals surface area contributed by atoms with Gasteiger partial charge in [-0.3, -0.25) is 4.98 Å². The average molecular weight is 339 g/mol. The van der Waals surface area contributed by atoms with E-state index in [1.807, 2.05) is 25.1 Å². The van der Waals surface area contributed by atoms with E-state index in [4.69, 9.17) is 4.74 Å². The molecule has 0 amide bonds. The molecule has 0 fully saturated rings. The molecule has 1 aromatic heterocycles. The third-order valence-electron chi connectivity index (χ3n) is 2.96. The number of ether oxygens (including phenoxy) is 1. The molecule has 2 aromatic rings. The minimum absolute atomic E-state index is 0.145. The minimum atomic E-state index is -0.370. The molecule has 0 spiro atoms. The maximum absolute atomic E-state index is 13.9. The third-order valence-corrected chi connectivity index (χ3v) is 3.43. The summed E-state index contributed by atoms with van der Waals surface area (Å²) in [5.74, 6) is -0.127. The van der Waals surface area contributed by atoms with Crippen LogP contribution in [0.25, 0.3) is 0 Å². The molecule has 2 rings (SSSR count). The zero-order valence-corrected chi connectivity index (χ0v) is 12.9. The van der Waals surface area contributed by atoms with Gasteiger partial charge < -0.3 is 10.1 Å². The number of hydrogen-bond donors (Lipinski definition) is 1. The molecule has 0 radical (unpaired) electrons. The van der Waals surface area contributed by atoms with Gasteiger partial charge in [-0.1, -0.05) is 13.0 Å². The average Bonchev–Trinajstić information content (AvgIpc) is 2.46. The van der Waals surface area contributed by atoms with Gasteiger partial charge in [0.05, 0.1) is 18.8 Å². The Labute approximate surface area is 126 Å². The van der Waals surface area contributed by atoms with E-state index in [1.165, 1.54) is 13.2 Å². The second-order valence-corrected chi connectivity index (χ2v) is 5.20. The van der Waals surface area contributed by atoms with Gasteiger partial charge in [-0.05, 0) is 52.3 Å². The maximum atomic E-state index is 13.9. The summed E-state index contributed by atoms with van der Waals surface area (Å²) in [7, 11) is 1.45. The van der Waals surface area contributed by atoms with Gasteiger partial charge in [0.15, 0.2) is 11.6 Å². The second-order valence-electron chi connectivity index (χ2n) is 4.29. The van der Waals surface area contributed by atoms with E-state index < -0.39 is 0 Å². The lowest BCUT2D eigenvalue weighted by atomic mass is 10.0. The predicted molar refractivity (Wildman–Crippen MR) is 80.4 cm³/mol. The van der Waals surface area contributed by atoms with Crippen LogP contribution in [-0.2, 0) is 0 Å². The summed E-state index contributed by atoms with van der Waals surface area (Å²) in [6, 6.07) is 8.66. The number of nitrogens with zero attached hydrogens (tertiary/aromatic N) is 1. The van der Waals surface area contributed by atoms with Gasteiger partial charge in [0.1, 0.15) is 0 Å². The van der Waals surface area contributed by atoms with Gasteiger partial charge in [0.25, 0.3) is 0 Å². The van der Waals surface area contributed by atoms with Gasteiger partial charge in [-0.2, -0.15) is 0 Å². The first-order valence-electron chi connectivity index (χ1n) is 6.34. The van der Waals surface area contributed by atoms with Crippen LogP contribution in [0.2, 0.25) is 0 Å². The summed E-state index contributed by atoms with van der Waals surface area (Å²) in [6.07, 6.45) is 1.74. The van der Waals surface area contributed by atoms with Crippen LogP contribution < -0.4 is 10.1 Å². The van der Waals surface area contributed by atoms with Crippen molar-refractivity contribution in [1.82, 2.24) is 10.3 Å². The van der Waals surface area contributed by atoms with Crippen molar-refractivity contribution < 1.29 is 9.13 Å². The molecule has 1 unspecified atom stereocenters. The first-order valence-corrected chi connectivity index (χ1v) is 7.13. The van der Waals surface area contributed by atoms with Crippen LogP contribution in [0.15, 0.2) is 41.0 Å². The first-order chi connectivity index (χ1) is 9.65. The Hall–Kier alpha value is -1.46. The number of nitrogens with one attached hydrogen (secondary N) is 1. The van der Waals surface area contributed by atoms with E-state index in [0.29, 0.717) is 0 Å². The summed E-state index contributed by atoms with van der Waals surface area (Å²) >= 11 is 3.36. The van der Waals surface area contributed by atoms with Crippen LogP contribution in [0.3, 0.4) is 0 Å². The van der Waals surface area contributed by atoms with E-state index in [-0.39, 0.29) is 17.6 Å². The first kappa shape index (κ1) is 14.9. The molecule has 1 aromatic carbocycles. The standard InChI is InChI=1S/C15H16BrFN2O/c1-3-18-15(13-6-5-11(16)9-19-13)10-4-7-14(20-2)12(17)8-10/h4-9,15,18H,3H2,1-2H3. The van der Waals surface area contributed by atoms with Crippen molar-refractivity contribution >= 4 is 15.9 Å². The van der Waals surface area contributed by atoms with Gasteiger partial charge in [-0.15, -0.1) is 0 Å². The summed E-state index contributed by atoms with van der Waals surface area (Å²) < 4.78 is 19.7. The molecule has 1 heterocycles. The van der Waals surface area contributed by atoms with Crippen molar-refractivity contribution in [3.05, 3.63) is 58.1 Å². The molecule has 0 aliphatic rings. The summed E-state index contributed by atoms with van der Waals surface area (Å²) in [4.78, 5) is 4.38. The quantitative estimate of drug-likeness (QED) is 0.902. The molecule has 5 heteroatoms. The smallest absolute Gasteiger partial charge is 0.165 e. The van der Waals surface area contributed by atoms with E-state index in [2.05, 4.69) is 26.2 Å². The lowest BCUT2D eigenvalue weighted by Crippen LogP contribution is -2.23. The summed E-state index contributed by atoms with van der Waals surface area (Å²) in [5.41, 5.74) is 1.67. The zero-order chi connectivity index (χ0) is 14.5. The van der Waals surface area contributed by atoms with Crippen LogP contribution in [-0.4, -0.2) is 18.6 Å². The molecular formula is C15H16BrFN2O. The Morgan fingerprint density at radius 1 is 1.35 bits per heavy atom. The fourth-order valence-corrected chi connectivity index (χ4v) is 2.25.